The summed E-state index contributed by atoms with van der Waals surface area (Å²) in [6.45, 7) is 2.19. The third-order valence-corrected chi connectivity index (χ3v) is 6.31. The van der Waals surface area contributed by atoms with Gasteiger partial charge in [-0.15, -0.1) is 0 Å². The Bertz CT molecular complexity index is 597. The summed E-state index contributed by atoms with van der Waals surface area (Å²) in [5.74, 6) is 2.02. The maximum atomic E-state index is 12.3. The van der Waals surface area contributed by atoms with Crippen LogP contribution >= 0.6 is 0 Å². The molecule has 3 N–H and O–H groups in total. The lowest BCUT2D eigenvalue weighted by Crippen LogP contribution is -2.35. The van der Waals surface area contributed by atoms with Crippen LogP contribution in [0.3, 0.4) is 0 Å². The number of rotatable bonds is 2. The maximum absolute atomic E-state index is 12.3. The lowest BCUT2D eigenvalue weighted by Gasteiger charge is -2.35. The minimum atomic E-state index is 0.150. The van der Waals surface area contributed by atoms with E-state index in [2.05, 4.69) is 21.9 Å². The first-order valence-corrected chi connectivity index (χ1v) is 9.43. The van der Waals surface area contributed by atoms with E-state index in [4.69, 9.17) is 10.8 Å². The number of nitrogens with zero attached hydrogens (tertiary/aromatic N) is 3. The van der Waals surface area contributed by atoms with E-state index in [1.165, 1.54) is 5.56 Å². The van der Waals surface area contributed by atoms with E-state index in [1.807, 2.05) is 6.20 Å². The molecule has 1 atom stereocenters. The number of nitrogens with one attached hydrogen (secondary N) is 1. The zero-order valence-electron chi connectivity index (χ0n) is 14.6. The molecule has 24 heavy (non-hydrogen) atoms. The quantitative estimate of drug-likeness (QED) is 0.870. The van der Waals surface area contributed by atoms with Crippen LogP contribution in [-0.4, -0.2) is 46.8 Å². The summed E-state index contributed by atoms with van der Waals surface area (Å²) in [6, 6.07) is 0.754. The first-order valence-electron chi connectivity index (χ1n) is 9.43. The molecular formula is C18H29N5O. The van der Waals surface area contributed by atoms with E-state index in [1.54, 1.807) is 0 Å². The van der Waals surface area contributed by atoms with Gasteiger partial charge < -0.3 is 16.0 Å². The van der Waals surface area contributed by atoms with Crippen molar-refractivity contribution >= 4 is 11.7 Å². The van der Waals surface area contributed by atoms with Crippen molar-refractivity contribution in [2.24, 2.45) is 11.7 Å². The van der Waals surface area contributed by atoms with Crippen LogP contribution in [0.1, 0.15) is 62.5 Å². The standard InChI is InChI=1S/C18H29N5O/c1-22-8-6-14(7-9-22)23-18-16(11-20-23)15(10-17(24)21-18)12-2-4-13(19)5-3-12/h11-15H,2-10,19H2,1H3,(H,21,24). The van der Waals surface area contributed by atoms with Crippen molar-refractivity contribution in [3.05, 3.63) is 11.8 Å². The molecule has 1 saturated heterocycles. The van der Waals surface area contributed by atoms with Gasteiger partial charge in [0.15, 0.2) is 0 Å². The van der Waals surface area contributed by atoms with Gasteiger partial charge in [-0.1, -0.05) is 0 Å². The highest BCUT2D eigenvalue weighted by atomic mass is 16.1. The van der Waals surface area contributed by atoms with Gasteiger partial charge >= 0.3 is 0 Å². The Labute approximate surface area is 143 Å². The van der Waals surface area contributed by atoms with Gasteiger partial charge in [0, 0.05) is 23.9 Å². The highest BCUT2D eigenvalue weighted by Gasteiger charge is 2.36. The number of carbonyl (C=O) groups excluding carboxylic acids is 1. The molecular weight excluding hydrogens is 302 g/mol. The summed E-state index contributed by atoms with van der Waals surface area (Å²) in [5.41, 5.74) is 7.32. The van der Waals surface area contributed by atoms with E-state index >= 15 is 0 Å². The first-order chi connectivity index (χ1) is 11.6. The molecule has 3 aliphatic rings. The molecule has 0 aromatic carbocycles. The normalized spacial score (nSPS) is 32.4. The van der Waals surface area contributed by atoms with E-state index in [9.17, 15) is 4.79 Å². The summed E-state index contributed by atoms with van der Waals surface area (Å²) in [7, 11) is 2.17. The number of amides is 1. The molecule has 0 spiro atoms. The van der Waals surface area contributed by atoms with E-state index < -0.39 is 0 Å². The Morgan fingerprint density at radius 2 is 1.88 bits per heavy atom. The molecule has 0 bridgehead atoms. The summed E-state index contributed by atoms with van der Waals surface area (Å²) in [5, 5.41) is 7.82. The Hall–Kier alpha value is -1.40. The molecule has 2 fully saturated rings. The van der Waals surface area contributed by atoms with Crippen LogP contribution in [0.15, 0.2) is 6.20 Å². The van der Waals surface area contributed by atoms with Gasteiger partial charge in [-0.25, -0.2) is 4.68 Å². The Kier molecular flexibility index (Phi) is 4.35. The minimum absolute atomic E-state index is 0.150. The molecule has 3 heterocycles. The van der Waals surface area contributed by atoms with Crippen molar-refractivity contribution in [2.45, 2.75) is 62.9 Å². The zero-order valence-corrected chi connectivity index (χ0v) is 14.6. The Balaban J connectivity index is 1.58. The maximum Gasteiger partial charge on any atom is 0.226 e. The Morgan fingerprint density at radius 3 is 2.58 bits per heavy atom. The van der Waals surface area contributed by atoms with Crippen molar-refractivity contribution in [1.29, 1.82) is 0 Å². The smallest absolute Gasteiger partial charge is 0.226 e. The van der Waals surface area contributed by atoms with E-state index in [0.29, 0.717) is 30.3 Å². The average Bonchev–Trinajstić information content (AvgIpc) is 2.99. The third-order valence-electron chi connectivity index (χ3n) is 6.31. The predicted molar refractivity (Wildman–Crippen MR) is 93.9 cm³/mol. The van der Waals surface area contributed by atoms with Crippen LogP contribution in [0.25, 0.3) is 0 Å². The van der Waals surface area contributed by atoms with Crippen molar-refractivity contribution in [3.63, 3.8) is 0 Å². The van der Waals surface area contributed by atoms with Crippen LogP contribution in [0.5, 0.6) is 0 Å². The molecule has 1 aromatic heterocycles. The average molecular weight is 331 g/mol. The number of aromatic nitrogens is 2. The van der Waals surface area contributed by atoms with Crippen LogP contribution in [0.2, 0.25) is 0 Å². The van der Waals surface area contributed by atoms with Gasteiger partial charge in [0.1, 0.15) is 5.82 Å². The highest BCUT2D eigenvalue weighted by molar-refractivity contribution is 5.93. The number of hydrogen-bond donors (Lipinski definition) is 2. The second-order valence-electron chi connectivity index (χ2n) is 7.96. The molecule has 1 unspecified atom stereocenters. The minimum Gasteiger partial charge on any atom is -0.328 e. The fourth-order valence-electron chi connectivity index (χ4n) is 4.75. The van der Waals surface area contributed by atoms with Gasteiger partial charge in [0.2, 0.25) is 5.91 Å². The second-order valence-corrected chi connectivity index (χ2v) is 7.96. The number of anilines is 1. The molecule has 1 saturated carbocycles. The second kappa shape index (κ2) is 6.48. The zero-order chi connectivity index (χ0) is 16.7. The fraction of sp³-hybridized carbons (Fsp3) is 0.778. The molecule has 4 rings (SSSR count). The Morgan fingerprint density at radius 1 is 1.17 bits per heavy atom. The fourth-order valence-corrected chi connectivity index (χ4v) is 4.75. The lowest BCUT2D eigenvalue weighted by atomic mass is 9.73. The number of carbonyl (C=O) groups is 1. The van der Waals surface area contributed by atoms with Crippen LogP contribution in [0, 0.1) is 5.92 Å². The predicted octanol–water partition coefficient (Wildman–Crippen LogP) is 2.09. The largest absolute Gasteiger partial charge is 0.328 e. The van der Waals surface area contributed by atoms with Gasteiger partial charge in [-0.3, -0.25) is 4.79 Å². The molecule has 0 radical (unpaired) electrons. The van der Waals surface area contributed by atoms with Crippen LogP contribution in [0.4, 0.5) is 5.82 Å². The molecule has 132 valence electrons. The molecule has 1 aliphatic carbocycles. The van der Waals surface area contributed by atoms with Crippen molar-refractivity contribution < 1.29 is 4.79 Å². The van der Waals surface area contributed by atoms with Gasteiger partial charge in [0.25, 0.3) is 0 Å². The van der Waals surface area contributed by atoms with Crippen LogP contribution < -0.4 is 11.1 Å². The highest BCUT2D eigenvalue weighted by Crippen LogP contribution is 2.44. The lowest BCUT2D eigenvalue weighted by molar-refractivity contribution is -0.117. The number of hydrogen-bond acceptors (Lipinski definition) is 4. The van der Waals surface area contributed by atoms with Crippen molar-refractivity contribution in [2.75, 3.05) is 25.5 Å². The van der Waals surface area contributed by atoms with Gasteiger partial charge in [-0.05, 0) is 64.6 Å². The number of piperidine rings is 1. The topological polar surface area (TPSA) is 76.2 Å². The number of fused-ring (bicyclic) bond motifs is 1. The summed E-state index contributed by atoms with van der Waals surface area (Å²) in [4.78, 5) is 14.7. The summed E-state index contributed by atoms with van der Waals surface area (Å²) in [6.07, 6.45) is 9.27. The number of nitrogens with two attached hydrogens (primary N) is 1. The summed E-state index contributed by atoms with van der Waals surface area (Å²) >= 11 is 0. The molecule has 1 amide bonds. The molecule has 2 aliphatic heterocycles. The summed E-state index contributed by atoms with van der Waals surface area (Å²) < 4.78 is 2.10. The molecule has 1 aromatic rings. The third kappa shape index (κ3) is 2.97. The number of likely N-dealkylation sites (tertiary alicyclic amines) is 1. The monoisotopic (exact) mass is 331 g/mol. The van der Waals surface area contributed by atoms with E-state index in [0.717, 1.165) is 57.4 Å². The molecule has 6 nitrogen and oxygen atoms in total. The van der Waals surface area contributed by atoms with Crippen molar-refractivity contribution in [1.82, 2.24) is 14.7 Å². The van der Waals surface area contributed by atoms with E-state index in [-0.39, 0.29) is 5.91 Å². The van der Waals surface area contributed by atoms with Gasteiger partial charge in [-0.2, -0.15) is 5.10 Å². The SMILES string of the molecule is CN1CCC(n2ncc3c2NC(=O)CC3C2CCC(N)CC2)CC1. The van der Waals surface area contributed by atoms with Crippen molar-refractivity contribution in [3.8, 4) is 0 Å². The first kappa shape index (κ1) is 16.1. The molecule has 6 heteroatoms. The van der Waals surface area contributed by atoms with Gasteiger partial charge in [0.05, 0.1) is 12.2 Å². The van der Waals surface area contributed by atoms with Crippen LogP contribution in [-0.2, 0) is 4.79 Å².